The summed E-state index contributed by atoms with van der Waals surface area (Å²) in [4.78, 5) is 39.7. The van der Waals surface area contributed by atoms with E-state index in [-0.39, 0.29) is 23.8 Å². The maximum atomic E-state index is 14.3. The molecule has 3 atom stereocenters. The molecule has 6 rings (SSSR count). The molecule has 0 spiro atoms. The zero-order chi connectivity index (χ0) is 28.9. The van der Waals surface area contributed by atoms with Crippen LogP contribution in [0.25, 0.3) is 0 Å². The van der Waals surface area contributed by atoms with Crippen LogP contribution in [-0.4, -0.2) is 70.6 Å². The number of fused-ring (bicyclic) bond motifs is 1. The van der Waals surface area contributed by atoms with E-state index in [0.29, 0.717) is 49.2 Å². The Morgan fingerprint density at radius 3 is 2.41 bits per heavy atom. The van der Waals surface area contributed by atoms with Crippen LogP contribution >= 0.6 is 39.3 Å². The first kappa shape index (κ1) is 28.8. The second-order valence-corrected chi connectivity index (χ2v) is 13.8. The number of ether oxygens (including phenoxy) is 1. The van der Waals surface area contributed by atoms with E-state index >= 15 is 0 Å². The summed E-state index contributed by atoms with van der Waals surface area (Å²) in [5.74, 6) is 0.0286. The number of carbonyl (C=O) groups excluding carboxylic acids is 2. The predicted molar refractivity (Wildman–Crippen MR) is 167 cm³/mol. The molecule has 4 aliphatic heterocycles. The topological polar surface area (TPSA) is 65.5 Å². The van der Waals surface area contributed by atoms with Gasteiger partial charge in [-0.2, -0.15) is 0 Å². The van der Waals surface area contributed by atoms with Gasteiger partial charge in [0.1, 0.15) is 16.5 Å². The summed E-state index contributed by atoms with van der Waals surface area (Å²) < 4.78 is 6.45. The van der Waals surface area contributed by atoms with Gasteiger partial charge in [0.15, 0.2) is 5.17 Å². The number of rotatable bonds is 5. The zero-order valence-corrected chi connectivity index (χ0v) is 26.6. The Kier molecular flexibility index (Phi) is 8.00. The Labute approximate surface area is 259 Å². The van der Waals surface area contributed by atoms with Crippen molar-refractivity contribution in [1.29, 1.82) is 0 Å². The largest absolute Gasteiger partial charge is 0.378 e. The van der Waals surface area contributed by atoms with E-state index in [2.05, 4.69) is 65.9 Å². The Morgan fingerprint density at radius 1 is 1.07 bits per heavy atom. The summed E-state index contributed by atoms with van der Waals surface area (Å²) in [6.07, 6.45) is 1.51. The molecule has 7 nitrogen and oxygen atoms in total. The minimum Gasteiger partial charge on any atom is -0.378 e. The maximum absolute atomic E-state index is 14.3. The van der Waals surface area contributed by atoms with Gasteiger partial charge in [-0.3, -0.25) is 9.59 Å². The zero-order valence-electron chi connectivity index (χ0n) is 23.5. The second-order valence-electron chi connectivity index (χ2n) is 11.4. The molecule has 0 saturated carbocycles. The monoisotopic (exact) mass is 656 g/mol. The smallest absolute Gasteiger partial charge is 0.263 e. The lowest BCUT2D eigenvalue weighted by Gasteiger charge is -2.37. The van der Waals surface area contributed by atoms with Crippen LogP contribution in [0, 0.1) is 5.92 Å². The van der Waals surface area contributed by atoms with Gasteiger partial charge >= 0.3 is 0 Å². The van der Waals surface area contributed by atoms with Gasteiger partial charge in [0, 0.05) is 34.8 Å². The normalized spacial score (nSPS) is 26.2. The van der Waals surface area contributed by atoms with Crippen molar-refractivity contribution in [2.24, 2.45) is 10.9 Å². The molecule has 10 heteroatoms. The van der Waals surface area contributed by atoms with Crippen LogP contribution in [0.1, 0.15) is 50.8 Å². The van der Waals surface area contributed by atoms with E-state index in [1.54, 1.807) is 4.90 Å². The molecular weight excluding hydrogens is 624 g/mol. The molecule has 4 aliphatic rings. The first-order valence-electron chi connectivity index (χ1n) is 14.2. The Morgan fingerprint density at radius 2 is 1.76 bits per heavy atom. The van der Waals surface area contributed by atoms with Crippen LogP contribution in [0.15, 0.2) is 68.6 Å². The van der Waals surface area contributed by atoms with Gasteiger partial charge in [-0.15, -0.1) is 0 Å². The third-order valence-electron chi connectivity index (χ3n) is 8.49. The summed E-state index contributed by atoms with van der Waals surface area (Å²) in [7, 11) is 0. The van der Waals surface area contributed by atoms with Gasteiger partial charge in [-0.25, -0.2) is 4.99 Å². The molecule has 0 aliphatic carbocycles. The number of allylic oxidation sites excluding steroid dienone is 1. The van der Waals surface area contributed by atoms with Gasteiger partial charge in [0.2, 0.25) is 5.91 Å². The van der Waals surface area contributed by atoms with Crippen molar-refractivity contribution in [1.82, 2.24) is 14.7 Å². The molecule has 2 amide bonds. The second kappa shape index (κ2) is 11.4. The van der Waals surface area contributed by atoms with E-state index in [1.165, 1.54) is 11.8 Å². The van der Waals surface area contributed by atoms with Crippen LogP contribution in [0.5, 0.6) is 0 Å². The van der Waals surface area contributed by atoms with Crippen molar-refractivity contribution in [2.75, 3.05) is 32.8 Å². The van der Waals surface area contributed by atoms with Crippen molar-refractivity contribution < 1.29 is 14.3 Å². The first-order valence-corrected chi connectivity index (χ1v) is 16.2. The Hall–Kier alpha value is -2.33. The Bertz CT molecular complexity index is 1410. The summed E-state index contributed by atoms with van der Waals surface area (Å²) in [5.41, 5.74) is 2.54. The van der Waals surface area contributed by atoms with Crippen LogP contribution in [0.3, 0.4) is 0 Å². The number of halogens is 2. The van der Waals surface area contributed by atoms with Crippen molar-refractivity contribution in [2.45, 2.75) is 51.2 Å². The first-order chi connectivity index (χ1) is 19.7. The Balaban J connectivity index is 1.39. The van der Waals surface area contributed by atoms with Gasteiger partial charge in [0.05, 0.1) is 19.3 Å². The quantitative estimate of drug-likeness (QED) is 0.384. The minimum atomic E-state index is -0.589. The summed E-state index contributed by atoms with van der Waals surface area (Å²) in [5, 5.41) is 1.49. The predicted octanol–water partition coefficient (Wildman–Crippen LogP) is 6.19. The van der Waals surface area contributed by atoms with E-state index in [1.807, 2.05) is 29.2 Å². The van der Waals surface area contributed by atoms with E-state index in [9.17, 15) is 9.59 Å². The summed E-state index contributed by atoms with van der Waals surface area (Å²) in [6, 6.07) is 15.7. The number of benzene rings is 2. The highest BCUT2D eigenvalue weighted by molar-refractivity contribution is 9.10. The number of thioether (sulfide) groups is 1. The van der Waals surface area contributed by atoms with E-state index in [4.69, 9.17) is 21.3 Å². The number of amides is 2. The fourth-order valence-electron chi connectivity index (χ4n) is 6.46. The van der Waals surface area contributed by atoms with Crippen molar-refractivity contribution in [3.8, 4) is 0 Å². The maximum Gasteiger partial charge on any atom is 0.263 e. The molecule has 0 radical (unpaired) electrons. The molecule has 0 bridgehead atoms. The minimum absolute atomic E-state index is 0.0357. The molecule has 2 fully saturated rings. The van der Waals surface area contributed by atoms with Crippen molar-refractivity contribution >= 4 is 56.3 Å². The number of morpholine rings is 1. The molecule has 4 heterocycles. The summed E-state index contributed by atoms with van der Waals surface area (Å²) in [6.45, 7) is 9.24. The molecular formula is C31H34BrClN4O3S. The van der Waals surface area contributed by atoms with Crippen molar-refractivity contribution in [3.05, 3.63) is 79.8 Å². The molecule has 2 aromatic rings. The number of hydrogen-bond acceptors (Lipinski definition) is 6. The fraction of sp³-hybridized carbons (Fsp3) is 0.452. The highest BCUT2D eigenvalue weighted by atomic mass is 79.9. The average molecular weight is 658 g/mol. The van der Waals surface area contributed by atoms with Gasteiger partial charge in [-0.05, 0) is 72.8 Å². The number of hydrogen-bond donors (Lipinski definition) is 0. The highest BCUT2D eigenvalue weighted by Gasteiger charge is 2.54. The van der Waals surface area contributed by atoms with Crippen LogP contribution in [0.4, 0.5) is 0 Å². The summed E-state index contributed by atoms with van der Waals surface area (Å²) >= 11 is 11.3. The molecule has 41 heavy (non-hydrogen) atoms. The standard InChI is InChI=1S/C31H34BrClN4O3S/c1-19(2)25-26(29(39)36-14-4-5-24(36)28(38)35-15-17-40-18-16-35)41-30-34-31(3,21-8-10-22(32)11-9-21)27(37(25)30)20-6-12-23(33)13-7-20/h6-13,19,24,27H,4-5,14-18H2,1-3H3/t24-,27?,31?/m0/s1. The molecule has 2 aromatic carbocycles. The number of amidine groups is 1. The third-order valence-corrected chi connectivity index (χ3v) is 10.3. The highest BCUT2D eigenvalue weighted by Crippen LogP contribution is 2.56. The molecule has 2 unspecified atom stereocenters. The number of nitrogens with zero attached hydrogens (tertiary/aromatic N) is 4. The SMILES string of the molecule is CC(C)C1=C(C(=O)N2CCC[C@H]2C(=O)N2CCOCC2)SC2=NC(C)(c3ccc(Br)cc3)C(c3ccc(Cl)cc3)N21. The van der Waals surface area contributed by atoms with Crippen LogP contribution in [0.2, 0.25) is 5.02 Å². The van der Waals surface area contributed by atoms with Gasteiger partial charge in [-0.1, -0.05) is 65.6 Å². The lowest BCUT2D eigenvalue weighted by molar-refractivity contribution is -0.144. The van der Waals surface area contributed by atoms with Crippen LogP contribution in [-0.2, 0) is 19.9 Å². The van der Waals surface area contributed by atoms with Gasteiger partial charge < -0.3 is 19.4 Å². The lowest BCUT2D eigenvalue weighted by atomic mass is 9.81. The van der Waals surface area contributed by atoms with Crippen molar-refractivity contribution in [3.63, 3.8) is 0 Å². The average Bonchev–Trinajstić information content (AvgIpc) is 3.66. The van der Waals surface area contributed by atoms with Gasteiger partial charge in [0.25, 0.3) is 5.91 Å². The van der Waals surface area contributed by atoms with Crippen LogP contribution < -0.4 is 0 Å². The number of likely N-dealkylation sites (tertiary alicyclic amines) is 1. The number of carbonyl (C=O) groups is 2. The van der Waals surface area contributed by atoms with E-state index in [0.717, 1.165) is 32.9 Å². The molecule has 0 N–H and O–H groups in total. The molecule has 0 aromatic heterocycles. The third kappa shape index (κ3) is 5.13. The number of aliphatic imine (C=N–C) groups is 1. The lowest BCUT2D eigenvalue weighted by Crippen LogP contribution is -2.51. The molecule has 216 valence electrons. The fourth-order valence-corrected chi connectivity index (χ4v) is 8.21. The molecule has 2 saturated heterocycles. The van der Waals surface area contributed by atoms with E-state index < -0.39 is 11.6 Å².